The quantitative estimate of drug-likeness (QED) is 0.846. The Morgan fingerprint density at radius 3 is 2.89 bits per heavy atom. The monoisotopic (exact) mass is 252 g/mol. The second-order valence-electron chi connectivity index (χ2n) is 4.83. The van der Waals surface area contributed by atoms with Gasteiger partial charge in [0, 0.05) is 33.2 Å². The number of ether oxygens (including phenoxy) is 1. The molecule has 1 atom stereocenters. The third-order valence-corrected chi connectivity index (χ3v) is 3.45. The fraction of sp³-hybridized carbons (Fsp3) is 0.667. The number of hydrogen-bond acceptors (Lipinski definition) is 4. The molecule has 1 aliphatic rings. The molecule has 1 aromatic rings. The second-order valence-corrected chi connectivity index (χ2v) is 4.83. The number of aryl methyl sites for hydroxylation is 2. The summed E-state index contributed by atoms with van der Waals surface area (Å²) in [7, 11) is 3.44. The molecule has 0 radical (unpaired) electrons. The summed E-state index contributed by atoms with van der Waals surface area (Å²) in [4.78, 5) is 14.2. The van der Waals surface area contributed by atoms with Crippen LogP contribution in [0, 0.1) is 12.8 Å². The molecule has 2 N–H and O–H groups in total. The van der Waals surface area contributed by atoms with Crippen LogP contribution < -0.4 is 5.73 Å². The van der Waals surface area contributed by atoms with E-state index >= 15 is 0 Å². The molecule has 0 bridgehead atoms. The van der Waals surface area contributed by atoms with E-state index in [-0.39, 0.29) is 5.91 Å². The van der Waals surface area contributed by atoms with Crippen LogP contribution in [0.5, 0.6) is 0 Å². The second kappa shape index (κ2) is 4.97. The van der Waals surface area contributed by atoms with Crippen molar-refractivity contribution in [3.8, 4) is 0 Å². The van der Waals surface area contributed by atoms with E-state index in [9.17, 15) is 4.79 Å². The highest BCUT2D eigenvalue weighted by Crippen LogP contribution is 2.22. The van der Waals surface area contributed by atoms with E-state index in [2.05, 4.69) is 5.10 Å². The van der Waals surface area contributed by atoms with Crippen LogP contribution in [0.25, 0.3) is 0 Å². The summed E-state index contributed by atoms with van der Waals surface area (Å²) in [6.07, 6.45) is 0.982. The number of carbonyl (C=O) groups excluding carboxylic acids is 1. The van der Waals surface area contributed by atoms with E-state index in [0.29, 0.717) is 29.6 Å². The highest BCUT2D eigenvalue weighted by atomic mass is 16.5. The number of hydrogen-bond donors (Lipinski definition) is 1. The zero-order valence-electron chi connectivity index (χ0n) is 11.1. The topological polar surface area (TPSA) is 73.4 Å². The number of rotatable bonds is 3. The lowest BCUT2D eigenvalue weighted by Crippen LogP contribution is -2.31. The molecule has 0 spiro atoms. The van der Waals surface area contributed by atoms with Gasteiger partial charge in [-0.3, -0.25) is 9.48 Å². The Kier molecular flexibility index (Phi) is 3.56. The largest absolute Gasteiger partial charge is 0.395 e. The van der Waals surface area contributed by atoms with Crippen LogP contribution in [-0.4, -0.2) is 47.4 Å². The van der Waals surface area contributed by atoms with Gasteiger partial charge in [-0.25, -0.2) is 0 Å². The molecule has 1 aromatic heterocycles. The molecule has 0 saturated carbocycles. The molecule has 6 heteroatoms. The number of nitrogen functional groups attached to an aromatic ring is 1. The Balaban J connectivity index is 2.13. The highest BCUT2D eigenvalue weighted by molar-refractivity contribution is 5.98. The van der Waals surface area contributed by atoms with Crippen molar-refractivity contribution in [2.75, 3.05) is 32.5 Å². The van der Waals surface area contributed by atoms with Gasteiger partial charge in [0.2, 0.25) is 0 Å². The Labute approximate surface area is 107 Å². The lowest BCUT2D eigenvalue weighted by molar-refractivity contribution is 0.0766. The van der Waals surface area contributed by atoms with Crippen LogP contribution in [0.3, 0.4) is 0 Å². The van der Waals surface area contributed by atoms with E-state index in [4.69, 9.17) is 10.5 Å². The number of likely N-dealkylation sites (tertiary alicyclic amines) is 1. The van der Waals surface area contributed by atoms with E-state index in [1.165, 1.54) is 0 Å². The summed E-state index contributed by atoms with van der Waals surface area (Å²) in [5.41, 5.74) is 7.59. The Morgan fingerprint density at radius 1 is 1.61 bits per heavy atom. The first-order chi connectivity index (χ1) is 8.54. The van der Waals surface area contributed by atoms with Crippen molar-refractivity contribution < 1.29 is 9.53 Å². The molecule has 18 heavy (non-hydrogen) atoms. The van der Waals surface area contributed by atoms with Gasteiger partial charge in [-0.15, -0.1) is 0 Å². The molecule has 1 unspecified atom stereocenters. The zero-order chi connectivity index (χ0) is 13.3. The summed E-state index contributed by atoms with van der Waals surface area (Å²) >= 11 is 0. The van der Waals surface area contributed by atoms with Crippen LogP contribution in [0.2, 0.25) is 0 Å². The molecule has 1 amide bonds. The molecule has 1 saturated heterocycles. The minimum Gasteiger partial charge on any atom is -0.395 e. The molecule has 2 rings (SSSR count). The van der Waals surface area contributed by atoms with Gasteiger partial charge in [0.15, 0.2) is 0 Å². The number of anilines is 1. The first-order valence-electron chi connectivity index (χ1n) is 6.11. The average molecular weight is 252 g/mol. The summed E-state index contributed by atoms with van der Waals surface area (Å²) < 4.78 is 6.70. The first-order valence-corrected chi connectivity index (χ1v) is 6.11. The fourth-order valence-corrected chi connectivity index (χ4v) is 2.47. The van der Waals surface area contributed by atoms with E-state index in [0.717, 1.165) is 19.5 Å². The van der Waals surface area contributed by atoms with Gasteiger partial charge in [0.1, 0.15) is 5.69 Å². The normalized spacial score (nSPS) is 19.5. The highest BCUT2D eigenvalue weighted by Gasteiger charge is 2.30. The number of nitrogens with zero attached hydrogens (tertiary/aromatic N) is 3. The van der Waals surface area contributed by atoms with Crippen molar-refractivity contribution in [2.24, 2.45) is 13.0 Å². The van der Waals surface area contributed by atoms with E-state index < -0.39 is 0 Å². The van der Waals surface area contributed by atoms with Crippen molar-refractivity contribution in [2.45, 2.75) is 13.3 Å². The van der Waals surface area contributed by atoms with Gasteiger partial charge in [0.05, 0.1) is 18.0 Å². The van der Waals surface area contributed by atoms with Crippen LogP contribution in [0.4, 0.5) is 5.69 Å². The first kappa shape index (κ1) is 12.9. The zero-order valence-corrected chi connectivity index (χ0v) is 11.1. The molecular weight excluding hydrogens is 232 g/mol. The molecule has 0 aliphatic carbocycles. The Bertz CT molecular complexity index is 455. The maximum absolute atomic E-state index is 12.4. The minimum atomic E-state index is -0.0331. The van der Waals surface area contributed by atoms with Crippen LogP contribution >= 0.6 is 0 Å². The van der Waals surface area contributed by atoms with Crippen LogP contribution in [0.1, 0.15) is 22.6 Å². The molecule has 2 heterocycles. The number of aromatic nitrogens is 2. The van der Waals surface area contributed by atoms with Crippen LogP contribution in [0.15, 0.2) is 0 Å². The molecule has 1 aliphatic heterocycles. The van der Waals surface area contributed by atoms with Gasteiger partial charge in [-0.2, -0.15) is 5.10 Å². The summed E-state index contributed by atoms with van der Waals surface area (Å²) in [5, 5.41) is 4.18. The smallest absolute Gasteiger partial charge is 0.274 e. The van der Waals surface area contributed by atoms with Crippen molar-refractivity contribution in [3.05, 3.63) is 11.4 Å². The Hall–Kier alpha value is -1.56. The van der Waals surface area contributed by atoms with E-state index in [1.807, 2.05) is 11.8 Å². The fourth-order valence-electron chi connectivity index (χ4n) is 2.47. The van der Waals surface area contributed by atoms with E-state index in [1.54, 1.807) is 18.8 Å². The summed E-state index contributed by atoms with van der Waals surface area (Å²) in [6.45, 7) is 4.00. The van der Waals surface area contributed by atoms with Gasteiger partial charge in [-0.1, -0.05) is 0 Å². The number of methoxy groups -OCH3 is 1. The summed E-state index contributed by atoms with van der Waals surface area (Å²) in [5.74, 6) is 0.392. The van der Waals surface area contributed by atoms with Crippen molar-refractivity contribution in [1.29, 1.82) is 0 Å². The molecule has 1 fully saturated rings. The number of amides is 1. The molecule has 6 nitrogen and oxygen atoms in total. The molecule has 100 valence electrons. The lowest BCUT2D eigenvalue weighted by atomic mass is 10.1. The van der Waals surface area contributed by atoms with Crippen LogP contribution in [-0.2, 0) is 11.8 Å². The predicted octanol–water partition coefficient (Wildman–Crippen LogP) is 0.419. The maximum atomic E-state index is 12.4. The number of nitrogens with two attached hydrogens (primary N) is 1. The van der Waals surface area contributed by atoms with Gasteiger partial charge in [-0.05, 0) is 13.3 Å². The predicted molar refractivity (Wildman–Crippen MR) is 68.2 cm³/mol. The van der Waals surface area contributed by atoms with Crippen molar-refractivity contribution in [3.63, 3.8) is 0 Å². The van der Waals surface area contributed by atoms with Gasteiger partial charge < -0.3 is 15.4 Å². The standard InChI is InChI=1S/C12H20N4O2/c1-8-10(13)11(15(2)14-8)12(17)16-5-4-9(6-16)7-18-3/h9H,4-7,13H2,1-3H3. The SMILES string of the molecule is COCC1CCN(C(=O)c2c(N)c(C)nn2C)C1. The third kappa shape index (κ3) is 2.20. The van der Waals surface area contributed by atoms with Gasteiger partial charge in [0.25, 0.3) is 5.91 Å². The summed E-state index contributed by atoms with van der Waals surface area (Å²) in [6, 6.07) is 0. The molecule has 0 aromatic carbocycles. The van der Waals surface area contributed by atoms with Crippen molar-refractivity contribution >= 4 is 11.6 Å². The molecular formula is C12H20N4O2. The van der Waals surface area contributed by atoms with Gasteiger partial charge >= 0.3 is 0 Å². The Morgan fingerprint density at radius 2 is 2.33 bits per heavy atom. The van der Waals surface area contributed by atoms with Crippen molar-refractivity contribution in [1.82, 2.24) is 14.7 Å². The third-order valence-electron chi connectivity index (χ3n) is 3.45. The maximum Gasteiger partial charge on any atom is 0.274 e. The number of carbonyl (C=O) groups is 1. The lowest BCUT2D eigenvalue weighted by Gasteiger charge is -2.16. The average Bonchev–Trinajstić information content (AvgIpc) is 2.86. The minimum absolute atomic E-state index is 0.0331.